The summed E-state index contributed by atoms with van der Waals surface area (Å²) in [5.41, 5.74) is 29.2. The van der Waals surface area contributed by atoms with Gasteiger partial charge in [0.25, 0.3) is 0 Å². The molecular weight excluding hydrogens is 881 g/mol. The molecule has 0 saturated heterocycles. The first-order chi connectivity index (χ1) is 35.7. The van der Waals surface area contributed by atoms with Gasteiger partial charge in [-0.1, -0.05) is 191 Å². The van der Waals surface area contributed by atoms with E-state index < -0.39 is 0 Å². The van der Waals surface area contributed by atoms with Crippen LogP contribution in [0.2, 0.25) is 0 Å². The molecule has 0 amide bonds. The molecule has 73 heavy (non-hydrogen) atoms. The zero-order valence-electron chi connectivity index (χ0n) is 41.9. The third-order valence-corrected chi connectivity index (χ3v) is 17.9. The van der Waals surface area contributed by atoms with Crippen molar-refractivity contribution in [2.45, 2.75) is 68.9 Å². The second kappa shape index (κ2) is 15.6. The van der Waals surface area contributed by atoms with Gasteiger partial charge in [-0.3, -0.25) is 0 Å². The zero-order valence-corrected chi connectivity index (χ0v) is 41.9. The van der Waals surface area contributed by atoms with E-state index >= 15 is 0 Å². The van der Waals surface area contributed by atoms with Gasteiger partial charge in [0.05, 0.1) is 12.1 Å². The highest BCUT2D eigenvalue weighted by molar-refractivity contribution is 5.90. The van der Waals surface area contributed by atoms with Gasteiger partial charge in [0.2, 0.25) is 0 Å². The highest BCUT2D eigenvalue weighted by Crippen LogP contribution is 2.65. The summed E-state index contributed by atoms with van der Waals surface area (Å²) in [6, 6.07) is 88.1. The lowest BCUT2D eigenvalue weighted by atomic mass is 9.74. The lowest BCUT2D eigenvalue weighted by Crippen LogP contribution is -2.25. The van der Waals surface area contributed by atoms with Crippen molar-refractivity contribution in [2.75, 3.05) is 9.80 Å². The smallest absolute Gasteiger partial charge is 0.0672 e. The maximum Gasteiger partial charge on any atom is 0.0672 e. The van der Waals surface area contributed by atoms with Crippen molar-refractivity contribution in [1.82, 2.24) is 0 Å². The third kappa shape index (κ3) is 6.23. The van der Waals surface area contributed by atoms with Gasteiger partial charge in [-0.25, -0.2) is 0 Å². The number of rotatable bonds is 6. The number of benzene rings is 10. The normalized spacial score (nSPS) is 19.6. The lowest BCUT2D eigenvalue weighted by Gasteiger charge is -2.30. The molecular formula is C71H56N2. The fourth-order valence-corrected chi connectivity index (χ4v) is 14.5. The van der Waals surface area contributed by atoms with Crippen LogP contribution in [0.25, 0.3) is 55.6 Å². The van der Waals surface area contributed by atoms with Gasteiger partial charge in [0.15, 0.2) is 0 Å². The molecule has 350 valence electrons. The fourth-order valence-electron chi connectivity index (χ4n) is 14.5. The van der Waals surface area contributed by atoms with Crippen molar-refractivity contribution in [1.29, 1.82) is 0 Å². The Hall–Kier alpha value is -8.20. The van der Waals surface area contributed by atoms with Crippen LogP contribution in [0, 0.1) is 0 Å². The van der Waals surface area contributed by atoms with Crippen LogP contribution in [0.4, 0.5) is 22.7 Å². The minimum atomic E-state index is -0.114. The second-order valence-electron chi connectivity index (χ2n) is 22.5. The highest BCUT2D eigenvalue weighted by atomic mass is 15.2. The first kappa shape index (κ1) is 42.5. The summed E-state index contributed by atoms with van der Waals surface area (Å²) >= 11 is 0. The SMILES string of the molecule is CC1(C)c2ccc(-c3ccc4c(c3)C3Cc5ccccc5C3N4c3cc(-c4ccccc4)cc(-c4ccccc4)c3)cc2-c2cc(-c3ccc4c(c3)C3C(c5ccccc5C3(C)C)N4c3ccccc3)ccc21. The number of hydrogen-bond donors (Lipinski definition) is 0. The molecule has 0 aromatic heterocycles. The Morgan fingerprint density at radius 3 is 1.47 bits per heavy atom. The Kier molecular flexibility index (Phi) is 9.11. The fraction of sp³-hybridized carbons (Fsp3) is 0.155. The van der Waals surface area contributed by atoms with E-state index in [1.54, 1.807) is 0 Å². The van der Waals surface area contributed by atoms with E-state index in [2.05, 4.69) is 268 Å². The second-order valence-corrected chi connectivity index (χ2v) is 22.5. The number of nitrogens with zero attached hydrogens (tertiary/aromatic N) is 2. The maximum atomic E-state index is 2.67. The molecule has 0 N–H and O–H groups in total. The van der Waals surface area contributed by atoms with Crippen LogP contribution < -0.4 is 9.80 Å². The molecule has 0 saturated carbocycles. The molecule has 5 aliphatic rings. The molecule has 2 heterocycles. The number of hydrogen-bond acceptors (Lipinski definition) is 2. The average Bonchev–Trinajstić information content (AvgIpc) is 4.20. The maximum absolute atomic E-state index is 2.67. The van der Waals surface area contributed by atoms with Crippen molar-refractivity contribution < 1.29 is 0 Å². The van der Waals surface area contributed by atoms with Crippen LogP contribution in [-0.2, 0) is 17.3 Å². The molecule has 0 bridgehead atoms. The van der Waals surface area contributed by atoms with Crippen LogP contribution in [0.1, 0.15) is 96.1 Å². The van der Waals surface area contributed by atoms with E-state index in [4.69, 9.17) is 0 Å². The molecule has 4 unspecified atom stereocenters. The summed E-state index contributed by atoms with van der Waals surface area (Å²) < 4.78 is 0. The molecule has 2 aliphatic heterocycles. The average molecular weight is 937 g/mol. The number of fused-ring (bicyclic) bond motifs is 13. The Morgan fingerprint density at radius 1 is 0.342 bits per heavy atom. The predicted octanol–water partition coefficient (Wildman–Crippen LogP) is 18.5. The minimum Gasteiger partial charge on any atom is -0.333 e. The summed E-state index contributed by atoms with van der Waals surface area (Å²) in [5.74, 6) is 0.673. The standard InChI is InChI=1S/C71H56N2/c1-70(2)63-32-28-46(39-57(63)58-40-47(29-33-64(58)70)49-31-35-66-61(42-49)67-69(72(66)53-23-12-7-13-24-53)56-26-16-17-27-62(56)71(67,3)4)48-30-34-65-59(41-48)60-43-50-22-14-15-25-55(50)68(60)73(65)54-37-51(44-18-8-5-9-19-44)36-52(38-54)45-20-10-6-11-21-45/h5-42,60,67-69H,43H2,1-4H3. The quantitative estimate of drug-likeness (QED) is 0.164. The van der Waals surface area contributed by atoms with Crippen LogP contribution >= 0.6 is 0 Å². The van der Waals surface area contributed by atoms with E-state index in [9.17, 15) is 0 Å². The largest absolute Gasteiger partial charge is 0.333 e. The van der Waals surface area contributed by atoms with Crippen molar-refractivity contribution in [3.63, 3.8) is 0 Å². The molecule has 10 aromatic rings. The molecule has 0 radical (unpaired) electrons. The van der Waals surface area contributed by atoms with E-state index in [1.165, 1.54) is 123 Å². The Bertz CT molecular complexity index is 3810. The predicted molar refractivity (Wildman–Crippen MR) is 303 cm³/mol. The van der Waals surface area contributed by atoms with Crippen molar-refractivity contribution in [3.8, 4) is 55.6 Å². The summed E-state index contributed by atoms with van der Waals surface area (Å²) in [7, 11) is 0. The summed E-state index contributed by atoms with van der Waals surface area (Å²) in [6.07, 6.45) is 1.03. The Labute approximate surface area is 429 Å². The van der Waals surface area contributed by atoms with Gasteiger partial charge in [-0.15, -0.1) is 0 Å². The number of anilines is 4. The van der Waals surface area contributed by atoms with Crippen LogP contribution in [-0.4, -0.2) is 0 Å². The van der Waals surface area contributed by atoms with E-state index in [1.807, 2.05) is 0 Å². The van der Waals surface area contributed by atoms with Crippen LogP contribution in [0.3, 0.4) is 0 Å². The molecule has 4 atom stereocenters. The first-order valence-electron chi connectivity index (χ1n) is 26.4. The van der Waals surface area contributed by atoms with Gasteiger partial charge in [0.1, 0.15) is 0 Å². The van der Waals surface area contributed by atoms with Gasteiger partial charge < -0.3 is 9.80 Å². The Morgan fingerprint density at radius 2 is 0.836 bits per heavy atom. The monoisotopic (exact) mass is 936 g/mol. The molecule has 0 fully saturated rings. The highest BCUT2D eigenvalue weighted by Gasteiger charge is 2.54. The summed E-state index contributed by atoms with van der Waals surface area (Å²) in [5, 5.41) is 0. The molecule has 2 heteroatoms. The zero-order chi connectivity index (χ0) is 48.7. The van der Waals surface area contributed by atoms with Gasteiger partial charge >= 0.3 is 0 Å². The minimum absolute atomic E-state index is 0.0205. The van der Waals surface area contributed by atoms with Crippen molar-refractivity contribution >= 4 is 22.7 Å². The van der Waals surface area contributed by atoms with E-state index in [0.717, 1.165) is 6.42 Å². The molecule has 3 aliphatic carbocycles. The third-order valence-electron chi connectivity index (χ3n) is 17.9. The molecule has 10 aromatic carbocycles. The molecule has 0 spiro atoms. The lowest BCUT2D eigenvalue weighted by molar-refractivity contribution is 0.420. The molecule has 15 rings (SSSR count). The van der Waals surface area contributed by atoms with Crippen LogP contribution in [0.5, 0.6) is 0 Å². The molecule has 2 nitrogen and oxygen atoms in total. The van der Waals surface area contributed by atoms with Gasteiger partial charge in [-0.2, -0.15) is 0 Å². The summed E-state index contributed by atoms with van der Waals surface area (Å²) in [6.45, 7) is 9.73. The van der Waals surface area contributed by atoms with E-state index in [0.29, 0.717) is 11.8 Å². The van der Waals surface area contributed by atoms with Gasteiger partial charge in [-0.05, 0) is 179 Å². The number of para-hydroxylation sites is 1. The van der Waals surface area contributed by atoms with Crippen molar-refractivity contribution in [3.05, 3.63) is 275 Å². The van der Waals surface area contributed by atoms with Gasteiger partial charge in [0, 0.05) is 40.0 Å². The van der Waals surface area contributed by atoms with Crippen molar-refractivity contribution in [2.24, 2.45) is 0 Å². The van der Waals surface area contributed by atoms with E-state index in [-0.39, 0.29) is 22.9 Å². The first-order valence-corrected chi connectivity index (χ1v) is 26.4. The Balaban J connectivity index is 0.826. The van der Waals surface area contributed by atoms with Crippen LogP contribution in [0.15, 0.2) is 231 Å². The summed E-state index contributed by atoms with van der Waals surface area (Å²) in [4.78, 5) is 5.29. The topological polar surface area (TPSA) is 6.48 Å².